The zero-order valence-corrected chi connectivity index (χ0v) is 19.7. The average molecular weight is 451 g/mol. The van der Waals surface area contributed by atoms with Gasteiger partial charge in [-0.05, 0) is 74.5 Å². The first-order valence-electron chi connectivity index (χ1n) is 11.3. The maximum Gasteiger partial charge on any atom is 0.260 e. The average Bonchev–Trinajstić information content (AvgIpc) is 3.22. The summed E-state index contributed by atoms with van der Waals surface area (Å²) in [6.45, 7) is 8.18. The van der Waals surface area contributed by atoms with Crippen LogP contribution in [0.4, 0.5) is 5.69 Å². The van der Waals surface area contributed by atoms with Crippen LogP contribution in [0.1, 0.15) is 38.4 Å². The number of carbonyl (C=O) groups is 2. The summed E-state index contributed by atoms with van der Waals surface area (Å²) in [7, 11) is 0. The minimum atomic E-state index is -0.350. The number of amides is 2. The Balaban J connectivity index is 1.32. The molecule has 1 N–H and O–H groups in total. The quantitative estimate of drug-likeness (QED) is 0.344. The van der Waals surface area contributed by atoms with Gasteiger partial charge in [0.15, 0.2) is 0 Å². The highest BCUT2D eigenvalue weighted by Crippen LogP contribution is 2.36. The van der Waals surface area contributed by atoms with Crippen molar-refractivity contribution in [3.63, 3.8) is 0 Å². The van der Waals surface area contributed by atoms with Crippen molar-refractivity contribution < 1.29 is 9.59 Å². The molecule has 3 aromatic carbocycles. The van der Waals surface area contributed by atoms with Gasteiger partial charge in [-0.2, -0.15) is 5.10 Å². The van der Waals surface area contributed by atoms with E-state index in [-0.39, 0.29) is 18.4 Å². The van der Waals surface area contributed by atoms with Crippen LogP contribution < -0.4 is 10.3 Å². The second-order valence-electron chi connectivity index (χ2n) is 8.87. The normalized spacial score (nSPS) is 12.8. The van der Waals surface area contributed by atoms with Gasteiger partial charge in [0.2, 0.25) is 0 Å². The fraction of sp³-hybridized carbons (Fsp3) is 0.179. The molecule has 0 saturated carbocycles. The first-order valence-corrected chi connectivity index (χ1v) is 11.3. The first kappa shape index (κ1) is 21.6. The number of hydrazone groups is 1. The minimum Gasteiger partial charge on any atom is -0.318 e. The zero-order chi connectivity index (χ0) is 24.0. The number of nitrogens with one attached hydrogen (secondary N) is 1. The van der Waals surface area contributed by atoms with Crippen LogP contribution in [0.25, 0.3) is 16.5 Å². The van der Waals surface area contributed by atoms with Crippen molar-refractivity contribution in [2.24, 2.45) is 5.10 Å². The Kier molecular flexibility index (Phi) is 5.28. The minimum absolute atomic E-state index is 0.0917. The summed E-state index contributed by atoms with van der Waals surface area (Å²) in [5.74, 6) is -0.513. The van der Waals surface area contributed by atoms with Crippen LogP contribution in [0, 0.1) is 27.7 Å². The molecular formula is C28H26N4O2. The topological polar surface area (TPSA) is 66.7 Å². The Morgan fingerprint density at radius 1 is 0.971 bits per heavy atom. The maximum absolute atomic E-state index is 12.9. The van der Waals surface area contributed by atoms with Crippen LogP contribution in [-0.2, 0) is 4.79 Å². The summed E-state index contributed by atoms with van der Waals surface area (Å²) >= 11 is 0. The second-order valence-corrected chi connectivity index (χ2v) is 8.87. The van der Waals surface area contributed by atoms with Gasteiger partial charge in [0.25, 0.3) is 11.8 Å². The largest absolute Gasteiger partial charge is 0.318 e. The highest BCUT2D eigenvalue weighted by Gasteiger charge is 2.30. The predicted octanol–water partition coefficient (Wildman–Crippen LogP) is 4.97. The molecule has 0 radical (unpaired) electrons. The van der Waals surface area contributed by atoms with Crippen LogP contribution in [0.2, 0.25) is 0 Å². The highest BCUT2D eigenvalue weighted by atomic mass is 16.2. The molecule has 170 valence electrons. The summed E-state index contributed by atoms with van der Waals surface area (Å²) in [6.07, 6.45) is 1.65. The molecular weight excluding hydrogens is 424 g/mol. The van der Waals surface area contributed by atoms with E-state index in [1.165, 1.54) is 16.0 Å². The van der Waals surface area contributed by atoms with Gasteiger partial charge < -0.3 is 4.57 Å². The standard InChI is InChI=1S/C28H26N4O2/c1-17-11-18(2)13-23(12-17)32-19(3)14-22(20(32)4)15-29-30-26(33)16-31-25-10-6-8-21-7-5-9-24(27(21)25)28(31)34/h5-15H,16H2,1-4H3,(H,30,33)/b29-15+. The molecule has 0 aliphatic carbocycles. The lowest BCUT2D eigenvalue weighted by Gasteiger charge is -2.16. The molecule has 0 saturated heterocycles. The van der Waals surface area contributed by atoms with E-state index in [1.807, 2.05) is 43.3 Å². The molecule has 6 heteroatoms. The molecule has 6 nitrogen and oxygen atoms in total. The summed E-state index contributed by atoms with van der Waals surface area (Å²) in [6, 6.07) is 19.9. The fourth-order valence-corrected chi connectivity index (χ4v) is 4.88. The number of benzene rings is 3. The highest BCUT2D eigenvalue weighted by molar-refractivity contribution is 6.26. The number of hydrogen-bond acceptors (Lipinski definition) is 3. The molecule has 34 heavy (non-hydrogen) atoms. The van der Waals surface area contributed by atoms with Gasteiger partial charge >= 0.3 is 0 Å². The molecule has 1 aromatic heterocycles. The smallest absolute Gasteiger partial charge is 0.260 e. The number of aromatic nitrogens is 1. The fourth-order valence-electron chi connectivity index (χ4n) is 4.88. The SMILES string of the molecule is Cc1cc(C)cc(-n2c(C)cc(/C=N/NC(=O)CN3C(=O)c4cccc5cccc3c45)c2C)c1. The first-order chi connectivity index (χ1) is 16.3. The number of carbonyl (C=O) groups excluding carboxylic acids is 2. The van der Waals surface area contributed by atoms with Gasteiger partial charge in [-0.1, -0.05) is 30.3 Å². The Labute approximate surface area is 198 Å². The van der Waals surface area contributed by atoms with Crippen LogP contribution in [0.15, 0.2) is 65.8 Å². The molecule has 2 heterocycles. The summed E-state index contributed by atoms with van der Waals surface area (Å²) in [4.78, 5) is 27.0. The third-order valence-corrected chi connectivity index (χ3v) is 6.28. The van der Waals surface area contributed by atoms with Crippen LogP contribution in [-0.4, -0.2) is 29.1 Å². The summed E-state index contributed by atoms with van der Waals surface area (Å²) in [5, 5.41) is 6.06. The van der Waals surface area contributed by atoms with E-state index in [9.17, 15) is 9.59 Å². The number of hydrogen-bond donors (Lipinski definition) is 1. The molecule has 0 fully saturated rings. The molecule has 5 rings (SSSR count). The van der Waals surface area contributed by atoms with Gasteiger partial charge in [0, 0.05) is 33.6 Å². The van der Waals surface area contributed by atoms with Gasteiger partial charge in [-0.3, -0.25) is 14.5 Å². The zero-order valence-electron chi connectivity index (χ0n) is 19.7. The van der Waals surface area contributed by atoms with E-state index >= 15 is 0 Å². The van der Waals surface area contributed by atoms with E-state index < -0.39 is 0 Å². The Bertz CT molecular complexity index is 1470. The van der Waals surface area contributed by atoms with E-state index in [0.717, 1.165) is 39.1 Å². The lowest BCUT2D eigenvalue weighted by Crippen LogP contribution is -2.37. The van der Waals surface area contributed by atoms with Crippen molar-refractivity contribution in [2.75, 3.05) is 11.4 Å². The third-order valence-electron chi connectivity index (χ3n) is 6.28. The van der Waals surface area contributed by atoms with Crippen molar-refractivity contribution in [1.29, 1.82) is 0 Å². The molecule has 1 aliphatic rings. The van der Waals surface area contributed by atoms with Crippen LogP contribution >= 0.6 is 0 Å². The molecule has 0 spiro atoms. The van der Waals surface area contributed by atoms with E-state index in [4.69, 9.17) is 0 Å². The van der Waals surface area contributed by atoms with Crippen molar-refractivity contribution >= 4 is 34.5 Å². The molecule has 4 aromatic rings. The molecule has 0 atom stereocenters. The number of aryl methyl sites for hydroxylation is 3. The predicted molar refractivity (Wildman–Crippen MR) is 136 cm³/mol. The third kappa shape index (κ3) is 3.67. The van der Waals surface area contributed by atoms with Gasteiger partial charge in [-0.15, -0.1) is 0 Å². The number of rotatable bonds is 5. The van der Waals surface area contributed by atoms with E-state index in [1.54, 1.807) is 12.3 Å². The van der Waals surface area contributed by atoms with Crippen LogP contribution in [0.3, 0.4) is 0 Å². The monoisotopic (exact) mass is 450 g/mol. The maximum atomic E-state index is 12.9. The van der Waals surface area contributed by atoms with Crippen molar-refractivity contribution in [3.8, 4) is 5.69 Å². The number of nitrogens with zero attached hydrogens (tertiary/aromatic N) is 3. The van der Waals surface area contributed by atoms with Crippen molar-refractivity contribution in [1.82, 2.24) is 9.99 Å². The number of anilines is 1. The molecule has 1 aliphatic heterocycles. The molecule has 0 bridgehead atoms. The van der Waals surface area contributed by atoms with Gasteiger partial charge in [0.1, 0.15) is 6.54 Å². The van der Waals surface area contributed by atoms with Crippen molar-refractivity contribution in [3.05, 3.63) is 94.3 Å². The molecule has 0 unspecified atom stereocenters. The lowest BCUT2D eigenvalue weighted by molar-refractivity contribution is -0.119. The van der Waals surface area contributed by atoms with Gasteiger partial charge in [0.05, 0.1) is 11.9 Å². The Morgan fingerprint density at radius 3 is 2.41 bits per heavy atom. The summed E-state index contributed by atoms with van der Waals surface area (Å²) < 4.78 is 2.18. The van der Waals surface area contributed by atoms with Gasteiger partial charge in [-0.25, -0.2) is 5.43 Å². The molecule has 2 amide bonds. The van der Waals surface area contributed by atoms with E-state index in [2.05, 4.69) is 54.1 Å². The van der Waals surface area contributed by atoms with E-state index in [0.29, 0.717) is 5.56 Å². The Hall–Kier alpha value is -4.19. The Morgan fingerprint density at radius 2 is 1.68 bits per heavy atom. The van der Waals surface area contributed by atoms with Crippen molar-refractivity contribution in [2.45, 2.75) is 27.7 Å². The lowest BCUT2D eigenvalue weighted by atomic mass is 10.1. The summed E-state index contributed by atoms with van der Waals surface area (Å²) in [5.41, 5.74) is 10.5. The second kappa shape index (κ2) is 8.30. The van der Waals surface area contributed by atoms with Crippen LogP contribution in [0.5, 0.6) is 0 Å².